The lowest BCUT2D eigenvalue weighted by Crippen LogP contribution is -1.98. The molecule has 0 fully saturated rings. The fourth-order valence-corrected chi connectivity index (χ4v) is 1.79. The van der Waals surface area contributed by atoms with Crippen LogP contribution >= 0.6 is 0 Å². The van der Waals surface area contributed by atoms with E-state index in [1.165, 1.54) is 12.1 Å². The van der Waals surface area contributed by atoms with Gasteiger partial charge in [-0.25, -0.2) is 0 Å². The van der Waals surface area contributed by atoms with Gasteiger partial charge < -0.3 is 5.11 Å². The third-order valence-electron chi connectivity index (χ3n) is 2.72. The molecule has 0 unspecified atom stereocenters. The Bertz CT molecular complexity index is 563. The van der Waals surface area contributed by atoms with Crippen LogP contribution in [0.2, 0.25) is 0 Å². The number of hydrogen-bond acceptors (Lipinski definition) is 2. The van der Waals surface area contributed by atoms with Crippen LogP contribution in [0.25, 0.3) is 6.08 Å². The number of benzene rings is 2. The van der Waals surface area contributed by atoms with Gasteiger partial charge in [0.15, 0.2) is 5.78 Å². The van der Waals surface area contributed by atoms with Crippen molar-refractivity contribution >= 4 is 11.9 Å². The molecule has 0 aliphatic rings. The second-order valence-electron chi connectivity index (χ2n) is 4.08. The number of ketones is 1. The van der Waals surface area contributed by atoms with Gasteiger partial charge in [0.2, 0.25) is 0 Å². The molecule has 2 nitrogen and oxygen atoms in total. The predicted molar refractivity (Wildman–Crippen MR) is 72.7 cm³/mol. The summed E-state index contributed by atoms with van der Waals surface area (Å²) in [5.74, 6) is -0.160. The Morgan fingerprint density at radius 3 is 2.44 bits per heavy atom. The third-order valence-corrected chi connectivity index (χ3v) is 2.72. The fourth-order valence-electron chi connectivity index (χ4n) is 1.79. The van der Waals surface area contributed by atoms with E-state index in [-0.39, 0.29) is 11.5 Å². The summed E-state index contributed by atoms with van der Waals surface area (Å²) in [6, 6.07) is 14.6. The molecule has 0 radical (unpaired) electrons. The standard InChI is InChI=1S/C16H14O2/c1-12-6-5-9-14(17)16(12)15(18)11-10-13-7-3-2-4-8-13/h2-11,17H,1H3. The first-order chi connectivity index (χ1) is 8.68. The topological polar surface area (TPSA) is 37.3 Å². The molecule has 2 heteroatoms. The zero-order valence-corrected chi connectivity index (χ0v) is 10.1. The van der Waals surface area contributed by atoms with E-state index in [4.69, 9.17) is 0 Å². The SMILES string of the molecule is Cc1cccc(O)c1C(=O)C=Cc1ccccc1. The quantitative estimate of drug-likeness (QED) is 0.655. The molecule has 2 aromatic rings. The Balaban J connectivity index is 2.26. The van der Waals surface area contributed by atoms with Crippen molar-refractivity contribution in [3.8, 4) is 5.75 Å². The maximum Gasteiger partial charge on any atom is 0.189 e. The van der Waals surface area contributed by atoms with Gasteiger partial charge in [0.1, 0.15) is 5.75 Å². The van der Waals surface area contributed by atoms with Crippen LogP contribution in [0.3, 0.4) is 0 Å². The summed E-state index contributed by atoms with van der Waals surface area (Å²) < 4.78 is 0. The number of carbonyl (C=O) groups excluding carboxylic acids is 1. The summed E-state index contributed by atoms with van der Waals surface area (Å²) in [6.45, 7) is 1.81. The van der Waals surface area contributed by atoms with E-state index >= 15 is 0 Å². The van der Waals surface area contributed by atoms with Crippen molar-refractivity contribution in [2.75, 3.05) is 0 Å². The first-order valence-electron chi connectivity index (χ1n) is 5.74. The minimum atomic E-state index is -0.186. The summed E-state index contributed by atoms with van der Waals surface area (Å²) in [7, 11) is 0. The number of aryl methyl sites for hydroxylation is 1. The Morgan fingerprint density at radius 1 is 1.06 bits per heavy atom. The van der Waals surface area contributed by atoms with Gasteiger partial charge in [-0.1, -0.05) is 48.5 Å². The number of aromatic hydroxyl groups is 1. The zero-order valence-electron chi connectivity index (χ0n) is 10.1. The predicted octanol–water partition coefficient (Wildman–Crippen LogP) is 3.60. The largest absolute Gasteiger partial charge is 0.507 e. The second-order valence-corrected chi connectivity index (χ2v) is 4.08. The fraction of sp³-hybridized carbons (Fsp3) is 0.0625. The smallest absolute Gasteiger partial charge is 0.189 e. The van der Waals surface area contributed by atoms with Crippen LogP contribution in [-0.4, -0.2) is 10.9 Å². The molecule has 0 saturated carbocycles. The molecule has 0 saturated heterocycles. The highest BCUT2D eigenvalue weighted by Gasteiger charge is 2.10. The molecule has 2 aromatic carbocycles. The molecular formula is C16H14O2. The van der Waals surface area contributed by atoms with E-state index in [1.54, 1.807) is 12.1 Å². The Hall–Kier alpha value is -2.35. The normalized spacial score (nSPS) is 10.7. The van der Waals surface area contributed by atoms with E-state index in [9.17, 15) is 9.90 Å². The van der Waals surface area contributed by atoms with Crippen molar-refractivity contribution in [1.29, 1.82) is 0 Å². The summed E-state index contributed by atoms with van der Waals surface area (Å²) in [6.07, 6.45) is 3.23. The number of carbonyl (C=O) groups is 1. The van der Waals surface area contributed by atoms with Gasteiger partial charge in [-0.05, 0) is 30.2 Å². The van der Waals surface area contributed by atoms with Crippen molar-refractivity contribution in [3.63, 3.8) is 0 Å². The Labute approximate surface area is 106 Å². The minimum absolute atomic E-state index is 0.0257. The Kier molecular flexibility index (Phi) is 3.58. The summed E-state index contributed by atoms with van der Waals surface area (Å²) in [5.41, 5.74) is 2.10. The first kappa shape index (κ1) is 12.1. The summed E-state index contributed by atoms with van der Waals surface area (Å²) in [4.78, 5) is 12.0. The molecule has 2 rings (SSSR count). The van der Waals surface area contributed by atoms with Gasteiger partial charge in [0, 0.05) is 0 Å². The van der Waals surface area contributed by atoms with Crippen LogP contribution < -0.4 is 0 Å². The van der Waals surface area contributed by atoms with E-state index < -0.39 is 0 Å². The molecule has 0 aliphatic carbocycles. The molecule has 0 bridgehead atoms. The number of phenolic OH excluding ortho intramolecular Hbond substituents is 1. The molecule has 90 valence electrons. The van der Waals surface area contributed by atoms with Gasteiger partial charge in [0.25, 0.3) is 0 Å². The maximum atomic E-state index is 12.0. The van der Waals surface area contributed by atoms with Gasteiger partial charge in [-0.15, -0.1) is 0 Å². The lowest BCUT2D eigenvalue weighted by Gasteiger charge is -2.03. The van der Waals surface area contributed by atoms with E-state index in [0.29, 0.717) is 5.56 Å². The number of hydrogen-bond donors (Lipinski definition) is 1. The first-order valence-corrected chi connectivity index (χ1v) is 5.74. The van der Waals surface area contributed by atoms with Crippen molar-refractivity contribution in [3.05, 3.63) is 71.3 Å². The molecule has 0 heterocycles. The molecule has 0 aromatic heterocycles. The molecule has 0 atom stereocenters. The molecule has 0 amide bonds. The Morgan fingerprint density at radius 2 is 1.78 bits per heavy atom. The maximum absolute atomic E-state index is 12.0. The number of phenols is 1. The highest BCUT2D eigenvalue weighted by atomic mass is 16.3. The van der Waals surface area contributed by atoms with Crippen LogP contribution in [0.1, 0.15) is 21.5 Å². The van der Waals surface area contributed by atoms with Crippen LogP contribution in [0.4, 0.5) is 0 Å². The molecule has 1 N–H and O–H groups in total. The summed E-state index contributed by atoms with van der Waals surface area (Å²) >= 11 is 0. The van der Waals surface area contributed by atoms with Crippen molar-refractivity contribution in [1.82, 2.24) is 0 Å². The van der Waals surface area contributed by atoms with E-state index in [1.807, 2.05) is 43.3 Å². The average Bonchev–Trinajstić information content (AvgIpc) is 2.37. The van der Waals surface area contributed by atoms with Crippen LogP contribution in [0.5, 0.6) is 5.75 Å². The zero-order chi connectivity index (χ0) is 13.0. The second kappa shape index (κ2) is 5.32. The van der Waals surface area contributed by atoms with E-state index in [0.717, 1.165) is 11.1 Å². The third kappa shape index (κ3) is 2.66. The van der Waals surface area contributed by atoms with Crippen LogP contribution in [0.15, 0.2) is 54.6 Å². The van der Waals surface area contributed by atoms with Gasteiger partial charge >= 0.3 is 0 Å². The van der Waals surface area contributed by atoms with Crippen molar-refractivity contribution < 1.29 is 9.90 Å². The lowest BCUT2D eigenvalue weighted by molar-refractivity contribution is 0.104. The highest BCUT2D eigenvalue weighted by Crippen LogP contribution is 2.21. The monoisotopic (exact) mass is 238 g/mol. The average molecular weight is 238 g/mol. The van der Waals surface area contributed by atoms with Crippen LogP contribution in [0, 0.1) is 6.92 Å². The molecule has 0 aliphatic heterocycles. The van der Waals surface area contributed by atoms with Crippen molar-refractivity contribution in [2.45, 2.75) is 6.92 Å². The number of allylic oxidation sites excluding steroid dienone is 1. The van der Waals surface area contributed by atoms with Gasteiger partial charge in [0.05, 0.1) is 5.56 Å². The number of rotatable bonds is 3. The summed E-state index contributed by atoms with van der Waals surface area (Å²) in [5, 5.41) is 9.70. The molecular weight excluding hydrogens is 224 g/mol. The van der Waals surface area contributed by atoms with Gasteiger partial charge in [-0.2, -0.15) is 0 Å². The van der Waals surface area contributed by atoms with Gasteiger partial charge in [-0.3, -0.25) is 4.79 Å². The lowest BCUT2D eigenvalue weighted by atomic mass is 10.0. The molecule has 18 heavy (non-hydrogen) atoms. The minimum Gasteiger partial charge on any atom is -0.507 e. The van der Waals surface area contributed by atoms with Crippen molar-refractivity contribution in [2.24, 2.45) is 0 Å². The van der Waals surface area contributed by atoms with Crippen LogP contribution in [-0.2, 0) is 0 Å². The molecule has 0 spiro atoms. The highest BCUT2D eigenvalue weighted by molar-refractivity contribution is 6.09. The van der Waals surface area contributed by atoms with E-state index in [2.05, 4.69) is 0 Å².